The summed E-state index contributed by atoms with van der Waals surface area (Å²) in [5.74, 6) is 0.388. The molecule has 0 unspecified atom stereocenters. The van der Waals surface area contributed by atoms with Crippen LogP contribution in [0, 0.1) is 0 Å². The summed E-state index contributed by atoms with van der Waals surface area (Å²) in [6.45, 7) is 1.97. The number of amides is 1. The molecule has 6 nitrogen and oxygen atoms in total. The fourth-order valence-corrected chi connectivity index (χ4v) is 3.66. The molecule has 126 valence electrons. The standard InChI is InChI=1S/C17H18N2O4S/c1-12(20)18-14-7-9-15(10-8-14)24(21,22)19-16-6-2-4-13-5-3-11-23-17(13)16/h2,4,6-10,19H,3,5,11H2,1H3,(H,18,20). The third-order valence-electron chi connectivity index (χ3n) is 3.66. The van der Waals surface area contributed by atoms with Gasteiger partial charge in [0.15, 0.2) is 0 Å². The van der Waals surface area contributed by atoms with E-state index >= 15 is 0 Å². The maximum absolute atomic E-state index is 12.6. The minimum atomic E-state index is -3.73. The summed E-state index contributed by atoms with van der Waals surface area (Å²) in [5, 5.41) is 2.60. The molecule has 0 saturated heterocycles. The van der Waals surface area contributed by atoms with E-state index in [1.54, 1.807) is 18.2 Å². The second-order valence-corrected chi connectivity index (χ2v) is 7.24. The molecule has 1 amide bonds. The molecule has 0 atom stereocenters. The van der Waals surface area contributed by atoms with Crippen molar-refractivity contribution >= 4 is 27.3 Å². The molecule has 0 fully saturated rings. The number of hydrogen-bond acceptors (Lipinski definition) is 4. The first-order valence-corrected chi connectivity index (χ1v) is 9.09. The summed E-state index contributed by atoms with van der Waals surface area (Å²) in [6.07, 6.45) is 1.80. The van der Waals surface area contributed by atoms with Crippen LogP contribution in [-0.2, 0) is 21.2 Å². The number of rotatable bonds is 4. The number of ether oxygens (including phenoxy) is 1. The summed E-state index contributed by atoms with van der Waals surface area (Å²) in [4.78, 5) is 11.1. The van der Waals surface area contributed by atoms with Crippen molar-refractivity contribution in [3.05, 3.63) is 48.0 Å². The zero-order chi connectivity index (χ0) is 17.2. The first-order chi connectivity index (χ1) is 11.5. The fourth-order valence-electron chi connectivity index (χ4n) is 2.59. The van der Waals surface area contributed by atoms with Gasteiger partial charge in [-0.25, -0.2) is 8.42 Å². The summed E-state index contributed by atoms with van der Waals surface area (Å²) < 4.78 is 33.3. The predicted octanol–water partition coefficient (Wildman–Crippen LogP) is 2.77. The van der Waals surface area contributed by atoms with Gasteiger partial charge in [-0.3, -0.25) is 9.52 Å². The van der Waals surface area contributed by atoms with Crippen LogP contribution in [0.4, 0.5) is 11.4 Å². The second-order valence-electron chi connectivity index (χ2n) is 5.56. The lowest BCUT2D eigenvalue weighted by Crippen LogP contribution is -2.16. The summed E-state index contributed by atoms with van der Waals surface area (Å²) >= 11 is 0. The van der Waals surface area contributed by atoms with Gasteiger partial charge in [0, 0.05) is 12.6 Å². The lowest BCUT2D eigenvalue weighted by molar-refractivity contribution is -0.114. The topological polar surface area (TPSA) is 84.5 Å². The summed E-state index contributed by atoms with van der Waals surface area (Å²) in [5.41, 5.74) is 1.99. The van der Waals surface area contributed by atoms with E-state index in [-0.39, 0.29) is 10.8 Å². The SMILES string of the molecule is CC(=O)Nc1ccc(S(=O)(=O)Nc2cccc3c2OCCC3)cc1. The van der Waals surface area contributed by atoms with E-state index in [0.29, 0.717) is 23.7 Å². The molecule has 0 spiro atoms. The average Bonchev–Trinajstić information content (AvgIpc) is 2.55. The van der Waals surface area contributed by atoms with Gasteiger partial charge in [0.2, 0.25) is 5.91 Å². The third-order valence-corrected chi connectivity index (χ3v) is 5.04. The first kappa shape index (κ1) is 16.3. The third kappa shape index (κ3) is 3.51. The number of anilines is 2. The fraction of sp³-hybridized carbons (Fsp3) is 0.235. The van der Waals surface area contributed by atoms with Gasteiger partial charge in [-0.1, -0.05) is 12.1 Å². The van der Waals surface area contributed by atoms with Crippen molar-refractivity contribution in [3.63, 3.8) is 0 Å². The summed E-state index contributed by atoms with van der Waals surface area (Å²) in [6, 6.07) is 11.4. The molecule has 1 heterocycles. The van der Waals surface area contributed by atoms with Gasteiger partial charge in [-0.05, 0) is 48.7 Å². The molecule has 2 aromatic carbocycles. The van der Waals surface area contributed by atoms with Crippen LogP contribution in [-0.4, -0.2) is 20.9 Å². The molecule has 7 heteroatoms. The van der Waals surface area contributed by atoms with E-state index in [0.717, 1.165) is 18.4 Å². The van der Waals surface area contributed by atoms with E-state index in [2.05, 4.69) is 10.0 Å². The average molecular weight is 346 g/mol. The Balaban J connectivity index is 1.85. The van der Waals surface area contributed by atoms with E-state index in [1.165, 1.54) is 19.1 Å². The minimum Gasteiger partial charge on any atom is -0.491 e. The maximum atomic E-state index is 12.6. The number of carbonyl (C=O) groups is 1. The van der Waals surface area contributed by atoms with E-state index in [9.17, 15) is 13.2 Å². The number of carbonyl (C=O) groups excluding carboxylic acids is 1. The van der Waals surface area contributed by atoms with Gasteiger partial charge in [-0.2, -0.15) is 0 Å². The highest BCUT2D eigenvalue weighted by Crippen LogP contribution is 2.34. The van der Waals surface area contributed by atoms with E-state index in [4.69, 9.17) is 4.74 Å². The van der Waals surface area contributed by atoms with E-state index in [1.807, 2.05) is 12.1 Å². The first-order valence-electron chi connectivity index (χ1n) is 7.61. The predicted molar refractivity (Wildman–Crippen MR) is 91.8 cm³/mol. The molecule has 3 rings (SSSR count). The quantitative estimate of drug-likeness (QED) is 0.891. The van der Waals surface area contributed by atoms with Crippen molar-refractivity contribution in [3.8, 4) is 5.75 Å². The Morgan fingerprint density at radius 2 is 1.88 bits per heavy atom. The number of fused-ring (bicyclic) bond motifs is 1. The molecule has 0 bridgehead atoms. The van der Waals surface area contributed by atoms with Gasteiger partial charge < -0.3 is 10.1 Å². The van der Waals surface area contributed by atoms with Crippen molar-refractivity contribution in [1.29, 1.82) is 0 Å². The summed E-state index contributed by atoms with van der Waals surface area (Å²) in [7, 11) is -3.73. The van der Waals surface area contributed by atoms with Gasteiger partial charge in [0.25, 0.3) is 10.0 Å². The zero-order valence-electron chi connectivity index (χ0n) is 13.2. The molecule has 2 N–H and O–H groups in total. The molecule has 2 aromatic rings. The molecule has 0 aromatic heterocycles. The Labute approximate surface area is 140 Å². The van der Waals surface area contributed by atoms with Crippen LogP contribution in [0.5, 0.6) is 5.75 Å². The van der Waals surface area contributed by atoms with Crippen LogP contribution in [0.15, 0.2) is 47.4 Å². The normalized spacial score (nSPS) is 13.5. The molecule has 1 aliphatic heterocycles. The van der Waals surface area contributed by atoms with Crippen molar-refractivity contribution in [1.82, 2.24) is 0 Å². The van der Waals surface area contributed by atoms with Crippen molar-refractivity contribution in [2.45, 2.75) is 24.7 Å². The monoisotopic (exact) mass is 346 g/mol. The Kier molecular flexibility index (Phi) is 4.44. The Hall–Kier alpha value is -2.54. The van der Waals surface area contributed by atoms with Gasteiger partial charge in [0.1, 0.15) is 5.75 Å². The number of nitrogens with one attached hydrogen (secondary N) is 2. The maximum Gasteiger partial charge on any atom is 0.262 e. The van der Waals surface area contributed by atoms with Crippen LogP contribution in [0.3, 0.4) is 0 Å². The van der Waals surface area contributed by atoms with Gasteiger partial charge in [0.05, 0.1) is 17.2 Å². The number of aryl methyl sites for hydroxylation is 1. The number of para-hydroxylation sites is 1. The zero-order valence-corrected chi connectivity index (χ0v) is 14.0. The Morgan fingerprint density at radius 1 is 1.12 bits per heavy atom. The molecule has 0 aliphatic carbocycles. The highest BCUT2D eigenvalue weighted by molar-refractivity contribution is 7.92. The van der Waals surface area contributed by atoms with Gasteiger partial charge >= 0.3 is 0 Å². The number of benzene rings is 2. The van der Waals surface area contributed by atoms with Crippen LogP contribution >= 0.6 is 0 Å². The molecular formula is C17H18N2O4S. The van der Waals surface area contributed by atoms with Crippen molar-refractivity contribution in [2.24, 2.45) is 0 Å². The van der Waals surface area contributed by atoms with Crippen LogP contribution in [0.25, 0.3) is 0 Å². The molecule has 1 aliphatic rings. The Bertz CT molecular complexity index is 861. The molecular weight excluding hydrogens is 328 g/mol. The molecule has 24 heavy (non-hydrogen) atoms. The lowest BCUT2D eigenvalue weighted by atomic mass is 10.1. The van der Waals surface area contributed by atoms with Crippen molar-refractivity contribution < 1.29 is 17.9 Å². The van der Waals surface area contributed by atoms with Crippen LogP contribution in [0.2, 0.25) is 0 Å². The Morgan fingerprint density at radius 3 is 2.58 bits per heavy atom. The highest BCUT2D eigenvalue weighted by Gasteiger charge is 2.20. The van der Waals surface area contributed by atoms with Crippen LogP contribution < -0.4 is 14.8 Å². The number of sulfonamides is 1. The largest absolute Gasteiger partial charge is 0.491 e. The molecule has 0 saturated carbocycles. The van der Waals surface area contributed by atoms with Crippen LogP contribution in [0.1, 0.15) is 18.9 Å². The van der Waals surface area contributed by atoms with Crippen molar-refractivity contribution in [2.75, 3.05) is 16.6 Å². The van der Waals surface area contributed by atoms with Gasteiger partial charge in [-0.15, -0.1) is 0 Å². The molecule has 0 radical (unpaired) electrons. The highest BCUT2D eigenvalue weighted by atomic mass is 32.2. The number of hydrogen-bond donors (Lipinski definition) is 2. The smallest absolute Gasteiger partial charge is 0.262 e. The van der Waals surface area contributed by atoms with E-state index < -0.39 is 10.0 Å². The minimum absolute atomic E-state index is 0.116. The second kappa shape index (κ2) is 6.52. The lowest BCUT2D eigenvalue weighted by Gasteiger charge is -2.20.